The summed E-state index contributed by atoms with van der Waals surface area (Å²) in [6, 6.07) is 6.67. The van der Waals surface area contributed by atoms with Gasteiger partial charge < -0.3 is 5.11 Å². The van der Waals surface area contributed by atoms with Gasteiger partial charge in [0.05, 0.1) is 6.10 Å². The van der Waals surface area contributed by atoms with E-state index in [0.717, 1.165) is 19.3 Å². The highest BCUT2D eigenvalue weighted by molar-refractivity contribution is 5.34. The van der Waals surface area contributed by atoms with Crippen molar-refractivity contribution in [3.63, 3.8) is 0 Å². The Labute approximate surface area is 98.5 Å². The van der Waals surface area contributed by atoms with E-state index in [-0.39, 0.29) is 6.10 Å². The molecule has 1 N–H and O–H groups in total. The average Bonchev–Trinajstić information content (AvgIpc) is 2.40. The molecule has 1 aliphatic carbocycles. The zero-order chi connectivity index (χ0) is 11.5. The fourth-order valence-corrected chi connectivity index (χ4v) is 2.65. The van der Waals surface area contributed by atoms with E-state index in [1.165, 1.54) is 29.5 Å². The molecule has 88 valence electrons. The second kappa shape index (κ2) is 5.01. The van der Waals surface area contributed by atoms with E-state index in [2.05, 4.69) is 32.0 Å². The molecular weight excluding hydrogens is 196 g/mol. The lowest BCUT2D eigenvalue weighted by molar-refractivity contribution is 0.150. The summed E-state index contributed by atoms with van der Waals surface area (Å²) in [7, 11) is 0. The summed E-state index contributed by atoms with van der Waals surface area (Å²) in [5, 5.41) is 10.2. The predicted octanol–water partition coefficient (Wildman–Crippen LogP) is 3.64. The van der Waals surface area contributed by atoms with E-state index < -0.39 is 0 Å². The summed E-state index contributed by atoms with van der Waals surface area (Å²) in [5.41, 5.74) is 3.92. The molecule has 0 radical (unpaired) electrons. The SMILES string of the molecule is CCCc1ccc2c(c1)C(O)CC(C)CC2. The summed E-state index contributed by atoms with van der Waals surface area (Å²) >= 11 is 0. The van der Waals surface area contributed by atoms with Crippen molar-refractivity contribution in [3.8, 4) is 0 Å². The minimum Gasteiger partial charge on any atom is -0.388 e. The van der Waals surface area contributed by atoms with Crippen molar-refractivity contribution in [2.45, 2.75) is 52.1 Å². The van der Waals surface area contributed by atoms with Crippen molar-refractivity contribution in [1.82, 2.24) is 0 Å². The van der Waals surface area contributed by atoms with Gasteiger partial charge in [-0.15, -0.1) is 0 Å². The summed E-state index contributed by atoms with van der Waals surface area (Å²) in [5.74, 6) is 0.636. The van der Waals surface area contributed by atoms with Crippen molar-refractivity contribution in [3.05, 3.63) is 34.9 Å². The minimum absolute atomic E-state index is 0.246. The number of aryl methyl sites for hydroxylation is 2. The lowest BCUT2D eigenvalue weighted by Gasteiger charge is -2.14. The molecule has 1 aliphatic rings. The Bertz CT molecular complexity index is 356. The van der Waals surface area contributed by atoms with Crippen LogP contribution in [0, 0.1) is 5.92 Å². The first-order valence-electron chi connectivity index (χ1n) is 6.50. The molecule has 1 aromatic carbocycles. The summed E-state index contributed by atoms with van der Waals surface area (Å²) in [4.78, 5) is 0. The Balaban J connectivity index is 2.30. The van der Waals surface area contributed by atoms with Gasteiger partial charge >= 0.3 is 0 Å². The van der Waals surface area contributed by atoms with E-state index in [1.54, 1.807) is 0 Å². The largest absolute Gasteiger partial charge is 0.388 e. The van der Waals surface area contributed by atoms with E-state index in [0.29, 0.717) is 5.92 Å². The van der Waals surface area contributed by atoms with Crippen LogP contribution in [-0.4, -0.2) is 5.11 Å². The smallest absolute Gasteiger partial charge is 0.0795 e. The Hall–Kier alpha value is -0.820. The van der Waals surface area contributed by atoms with E-state index >= 15 is 0 Å². The van der Waals surface area contributed by atoms with Gasteiger partial charge in [-0.1, -0.05) is 38.5 Å². The molecule has 0 aliphatic heterocycles. The monoisotopic (exact) mass is 218 g/mol. The summed E-state index contributed by atoms with van der Waals surface area (Å²) < 4.78 is 0. The molecular formula is C15H22O. The number of benzene rings is 1. The molecule has 0 amide bonds. The highest BCUT2D eigenvalue weighted by atomic mass is 16.3. The second-order valence-corrected chi connectivity index (χ2v) is 5.18. The van der Waals surface area contributed by atoms with Gasteiger partial charge in [0, 0.05) is 0 Å². The topological polar surface area (TPSA) is 20.2 Å². The molecule has 0 spiro atoms. The van der Waals surface area contributed by atoms with E-state index in [9.17, 15) is 5.11 Å². The zero-order valence-electron chi connectivity index (χ0n) is 10.4. The highest BCUT2D eigenvalue weighted by Crippen LogP contribution is 2.32. The molecule has 0 bridgehead atoms. The Morgan fingerprint density at radius 1 is 1.38 bits per heavy atom. The molecule has 1 nitrogen and oxygen atoms in total. The van der Waals surface area contributed by atoms with E-state index in [1.807, 2.05) is 0 Å². The number of rotatable bonds is 2. The molecule has 2 rings (SSSR count). The Morgan fingerprint density at radius 2 is 2.19 bits per heavy atom. The van der Waals surface area contributed by atoms with Crippen LogP contribution in [0.3, 0.4) is 0 Å². The predicted molar refractivity (Wildman–Crippen MR) is 67.5 cm³/mol. The van der Waals surface area contributed by atoms with Gasteiger partial charge in [-0.3, -0.25) is 0 Å². The zero-order valence-corrected chi connectivity index (χ0v) is 10.4. The number of aliphatic hydroxyl groups excluding tert-OH is 1. The maximum absolute atomic E-state index is 10.2. The molecule has 0 saturated heterocycles. The van der Waals surface area contributed by atoms with Crippen molar-refractivity contribution in [2.24, 2.45) is 5.92 Å². The summed E-state index contributed by atoms with van der Waals surface area (Å²) in [6.07, 6.45) is 5.30. The Morgan fingerprint density at radius 3 is 2.94 bits per heavy atom. The van der Waals surface area contributed by atoms with Crippen LogP contribution in [0.4, 0.5) is 0 Å². The van der Waals surface area contributed by atoms with Crippen LogP contribution < -0.4 is 0 Å². The Kier molecular flexibility index (Phi) is 3.65. The van der Waals surface area contributed by atoms with Crippen LogP contribution in [0.25, 0.3) is 0 Å². The first-order chi connectivity index (χ1) is 7.70. The normalized spacial score (nSPS) is 24.9. The average molecular weight is 218 g/mol. The maximum Gasteiger partial charge on any atom is 0.0795 e. The highest BCUT2D eigenvalue weighted by Gasteiger charge is 2.20. The number of fused-ring (bicyclic) bond motifs is 1. The molecule has 2 atom stereocenters. The first-order valence-corrected chi connectivity index (χ1v) is 6.50. The fraction of sp³-hybridized carbons (Fsp3) is 0.600. The summed E-state index contributed by atoms with van der Waals surface area (Å²) in [6.45, 7) is 4.44. The van der Waals surface area contributed by atoms with Gasteiger partial charge in [0.1, 0.15) is 0 Å². The molecule has 1 heteroatoms. The van der Waals surface area contributed by atoms with Crippen LogP contribution in [-0.2, 0) is 12.8 Å². The van der Waals surface area contributed by atoms with Gasteiger partial charge in [-0.2, -0.15) is 0 Å². The van der Waals surface area contributed by atoms with Gasteiger partial charge in [0.15, 0.2) is 0 Å². The second-order valence-electron chi connectivity index (χ2n) is 5.18. The van der Waals surface area contributed by atoms with Gasteiger partial charge in [-0.25, -0.2) is 0 Å². The van der Waals surface area contributed by atoms with Gasteiger partial charge in [0.2, 0.25) is 0 Å². The standard InChI is InChI=1S/C15H22O/c1-3-4-12-6-8-13-7-5-11(2)9-15(16)14(13)10-12/h6,8,10-11,15-16H,3-5,7,9H2,1-2H3. The van der Waals surface area contributed by atoms with E-state index in [4.69, 9.17) is 0 Å². The van der Waals surface area contributed by atoms with Gasteiger partial charge in [0.25, 0.3) is 0 Å². The quantitative estimate of drug-likeness (QED) is 0.751. The van der Waals surface area contributed by atoms with Crippen molar-refractivity contribution in [2.75, 3.05) is 0 Å². The fourth-order valence-electron chi connectivity index (χ4n) is 2.65. The molecule has 0 aromatic heterocycles. The van der Waals surface area contributed by atoms with Crippen LogP contribution >= 0.6 is 0 Å². The molecule has 2 unspecified atom stereocenters. The van der Waals surface area contributed by atoms with Crippen LogP contribution in [0.15, 0.2) is 18.2 Å². The third-order valence-electron chi connectivity index (χ3n) is 3.64. The first kappa shape index (κ1) is 11.7. The minimum atomic E-state index is -0.246. The van der Waals surface area contributed by atoms with Crippen molar-refractivity contribution in [1.29, 1.82) is 0 Å². The van der Waals surface area contributed by atoms with Crippen LogP contribution in [0.1, 0.15) is 55.9 Å². The number of hydrogen-bond donors (Lipinski definition) is 1. The molecule has 0 fully saturated rings. The molecule has 0 heterocycles. The van der Waals surface area contributed by atoms with Crippen LogP contribution in [0.5, 0.6) is 0 Å². The molecule has 16 heavy (non-hydrogen) atoms. The molecule has 1 aromatic rings. The third kappa shape index (κ3) is 2.46. The number of aliphatic hydroxyl groups is 1. The van der Waals surface area contributed by atoms with Crippen molar-refractivity contribution < 1.29 is 5.11 Å². The molecule has 0 saturated carbocycles. The lowest BCUT2D eigenvalue weighted by atomic mass is 9.96. The van der Waals surface area contributed by atoms with Crippen molar-refractivity contribution >= 4 is 0 Å². The van der Waals surface area contributed by atoms with Crippen LogP contribution in [0.2, 0.25) is 0 Å². The van der Waals surface area contributed by atoms with Gasteiger partial charge in [-0.05, 0) is 48.3 Å². The third-order valence-corrected chi connectivity index (χ3v) is 3.64. The maximum atomic E-state index is 10.2. The number of hydrogen-bond acceptors (Lipinski definition) is 1. The lowest BCUT2D eigenvalue weighted by Crippen LogP contribution is -2.02.